The van der Waals surface area contributed by atoms with Crippen LogP contribution in [0, 0.1) is 5.92 Å². The first-order chi connectivity index (χ1) is 13.3. The van der Waals surface area contributed by atoms with Gasteiger partial charge in [-0.2, -0.15) is 0 Å². The summed E-state index contributed by atoms with van der Waals surface area (Å²) in [6.45, 7) is 6.05. The van der Waals surface area contributed by atoms with Crippen molar-refractivity contribution < 1.29 is 14.4 Å². The molecule has 0 radical (unpaired) electrons. The van der Waals surface area contributed by atoms with Crippen LogP contribution in [0.2, 0.25) is 10.4 Å². The van der Waals surface area contributed by atoms with Crippen molar-refractivity contribution >= 4 is 51.8 Å². The number of fused-ring (bicyclic) bond motifs is 1. The number of anilines is 1. The fourth-order valence-corrected chi connectivity index (χ4v) is 3.87. The van der Waals surface area contributed by atoms with E-state index in [0.29, 0.717) is 18.8 Å². The third kappa shape index (κ3) is 6.09. The zero-order chi connectivity index (χ0) is 20.8. The molecular formula is C19H31AsClN5O3. The van der Waals surface area contributed by atoms with Crippen molar-refractivity contribution in [3.8, 4) is 0 Å². The molecule has 4 amide bonds. The van der Waals surface area contributed by atoms with Crippen LogP contribution in [0.15, 0.2) is 18.3 Å². The topological polar surface area (TPSA) is 103 Å². The summed E-state index contributed by atoms with van der Waals surface area (Å²) in [7, 11) is 1.55. The van der Waals surface area contributed by atoms with E-state index >= 15 is 0 Å². The molecule has 0 bridgehead atoms. The summed E-state index contributed by atoms with van der Waals surface area (Å²) in [4.78, 5) is 43.6. The summed E-state index contributed by atoms with van der Waals surface area (Å²) in [6, 6.07) is 2.60. The van der Waals surface area contributed by atoms with Gasteiger partial charge in [-0.3, -0.25) is 0 Å². The average Bonchev–Trinajstić information content (AvgIpc) is 3.06. The fourth-order valence-electron chi connectivity index (χ4n) is 3.14. The molecule has 0 spiro atoms. The number of hydrogen-bond acceptors (Lipinski definition) is 4. The maximum atomic E-state index is 13.5. The summed E-state index contributed by atoms with van der Waals surface area (Å²) in [5.74, 6) is 0.275. The van der Waals surface area contributed by atoms with Gasteiger partial charge in [-0.25, -0.2) is 0 Å². The summed E-state index contributed by atoms with van der Waals surface area (Å²) >= 11 is -0.380. The third-order valence-corrected chi connectivity index (χ3v) is 7.30. The van der Waals surface area contributed by atoms with Crippen LogP contribution in [0.5, 0.6) is 0 Å². The van der Waals surface area contributed by atoms with E-state index in [-0.39, 0.29) is 62.7 Å². The quantitative estimate of drug-likeness (QED) is 0.502. The molecular weight excluding hydrogens is 457 g/mol. The Morgan fingerprint density at radius 1 is 1.31 bits per heavy atom. The van der Waals surface area contributed by atoms with Crippen molar-refractivity contribution in [2.45, 2.75) is 49.7 Å². The van der Waals surface area contributed by atoms with Gasteiger partial charge in [0.1, 0.15) is 0 Å². The van der Waals surface area contributed by atoms with Crippen molar-refractivity contribution in [2.75, 3.05) is 18.5 Å². The number of hydrogen-bond donors (Lipinski definition) is 3. The number of nitrogens with one attached hydrogen (secondary N) is 3. The molecule has 4 atom stereocenters. The second-order valence-electron chi connectivity index (χ2n) is 7.25. The van der Waals surface area contributed by atoms with E-state index < -0.39 is 6.04 Å². The molecule has 8 nitrogen and oxygen atoms in total. The molecule has 1 aliphatic heterocycles. The van der Waals surface area contributed by atoms with Crippen molar-refractivity contribution in [3.63, 3.8) is 0 Å². The largest absolute Gasteiger partial charge is 0.147 e. The zero-order valence-electron chi connectivity index (χ0n) is 17.5. The molecule has 0 fully saturated rings. The van der Waals surface area contributed by atoms with Crippen LogP contribution in [-0.2, 0) is 16.0 Å². The molecule has 0 saturated carbocycles. The van der Waals surface area contributed by atoms with E-state index in [9.17, 15) is 14.4 Å². The maximum Gasteiger partial charge on any atom is -0.147 e. The molecule has 2 rings (SSSR count). The second kappa shape index (κ2) is 11.4. The third-order valence-electron chi connectivity index (χ3n) is 4.94. The van der Waals surface area contributed by atoms with Gasteiger partial charge in [0.15, 0.2) is 0 Å². The molecule has 162 valence electrons. The van der Waals surface area contributed by atoms with Gasteiger partial charge in [0.2, 0.25) is 0 Å². The Hall–Kier alpha value is -1.79. The van der Waals surface area contributed by atoms with Crippen LogP contribution in [0.25, 0.3) is 0 Å². The average molecular weight is 488 g/mol. The first kappa shape index (κ1) is 25.2. The predicted molar refractivity (Wildman–Crippen MR) is 118 cm³/mol. The minimum absolute atomic E-state index is 0. The molecule has 29 heavy (non-hydrogen) atoms. The van der Waals surface area contributed by atoms with Crippen LogP contribution in [0.4, 0.5) is 10.6 Å². The van der Waals surface area contributed by atoms with Crippen molar-refractivity contribution in [2.24, 2.45) is 5.92 Å². The molecule has 10 heteroatoms. The first-order valence-electron chi connectivity index (χ1n) is 9.50. The molecule has 0 saturated heterocycles. The number of aromatic nitrogens is 1. The Morgan fingerprint density at radius 2 is 2.00 bits per heavy atom. The number of amides is 4. The van der Waals surface area contributed by atoms with Gasteiger partial charge < -0.3 is 0 Å². The van der Waals surface area contributed by atoms with Gasteiger partial charge in [-0.15, -0.1) is 12.4 Å². The fraction of sp³-hybridized carbons (Fsp3) is 0.579. The number of rotatable bonds is 7. The molecule has 0 aromatic carbocycles. The second-order valence-corrected chi connectivity index (χ2v) is 10.3. The van der Waals surface area contributed by atoms with E-state index in [0.717, 1.165) is 5.56 Å². The van der Waals surface area contributed by atoms with Gasteiger partial charge >= 0.3 is 173 Å². The number of urea groups is 1. The van der Waals surface area contributed by atoms with Crippen molar-refractivity contribution in [1.82, 2.24) is 20.9 Å². The number of pyridine rings is 1. The Labute approximate surface area is 185 Å². The summed E-state index contributed by atoms with van der Waals surface area (Å²) in [6.07, 6.45) is 2.26. The van der Waals surface area contributed by atoms with Gasteiger partial charge in [-0.05, 0) is 0 Å². The summed E-state index contributed by atoms with van der Waals surface area (Å²) < 4.78 is -0.0382. The zero-order valence-corrected chi connectivity index (χ0v) is 20.4. The monoisotopic (exact) mass is 487 g/mol. The van der Waals surface area contributed by atoms with Crippen LogP contribution in [-0.4, -0.2) is 64.3 Å². The van der Waals surface area contributed by atoms with E-state index in [1.165, 1.54) is 0 Å². The Balaban J connectivity index is 0.00000420. The van der Waals surface area contributed by atoms with Gasteiger partial charge in [0.05, 0.1) is 0 Å². The van der Waals surface area contributed by atoms with E-state index in [1.54, 1.807) is 18.1 Å². The molecule has 0 aliphatic carbocycles. The normalized spacial score (nSPS) is 17.4. The number of halogens is 1. The molecule has 2 unspecified atom stereocenters. The minimum Gasteiger partial charge on any atom is -0.147 e. The number of carbonyl (C=O) groups excluding carboxylic acids is 3. The van der Waals surface area contributed by atoms with E-state index in [2.05, 4.69) is 26.6 Å². The number of nitrogens with zero attached hydrogens (tertiary/aromatic N) is 2. The minimum atomic E-state index is -0.636. The smallest absolute Gasteiger partial charge is 0.147 e. The van der Waals surface area contributed by atoms with E-state index in [1.807, 2.05) is 32.9 Å². The van der Waals surface area contributed by atoms with Crippen LogP contribution < -0.4 is 20.9 Å². The Kier molecular flexibility index (Phi) is 9.93. The molecule has 3 N–H and O–H groups in total. The summed E-state index contributed by atoms with van der Waals surface area (Å²) in [5, 5.41) is 8.24. The van der Waals surface area contributed by atoms with Gasteiger partial charge in [0, 0.05) is 0 Å². The molecule has 1 aromatic heterocycles. The predicted octanol–water partition coefficient (Wildman–Crippen LogP) is 1.12. The maximum absolute atomic E-state index is 13.5. The van der Waals surface area contributed by atoms with Crippen molar-refractivity contribution in [1.29, 1.82) is 0 Å². The Morgan fingerprint density at radius 3 is 2.59 bits per heavy atom. The summed E-state index contributed by atoms with van der Waals surface area (Å²) in [5.41, 5.74) is 3.03. The van der Waals surface area contributed by atoms with Crippen LogP contribution >= 0.6 is 12.4 Å². The van der Waals surface area contributed by atoms with E-state index in [4.69, 9.17) is 0 Å². The SMILES string of the molecule is CNC(=O)NC[C@@H]1Cc2cccnc2N1C(=O)C(NC(=O)[C@H](C)[AsH]C)C(C)C.Cl. The van der Waals surface area contributed by atoms with Crippen LogP contribution in [0.1, 0.15) is 26.3 Å². The standard InChI is InChI=1S/C19H30AsN5O3.ClH/c1-11(2)15(24-17(26)12(3)20-4)18(27)25-14(10-23-19(28)21-5)9-13-7-6-8-22-16(13)25;/h6-8,11-12,14-15,20H,9-10H2,1-5H3,(H,24,26)(H2,21,23,28);1H/t12-,14-,15?;/m0./s1. The first-order valence-corrected chi connectivity index (χ1v) is 12.8. The Bertz CT molecular complexity index is 734. The number of carbonyl (C=O) groups is 3. The van der Waals surface area contributed by atoms with Crippen LogP contribution in [0.3, 0.4) is 0 Å². The molecule has 1 aliphatic rings. The van der Waals surface area contributed by atoms with Gasteiger partial charge in [-0.1, -0.05) is 0 Å². The van der Waals surface area contributed by atoms with Crippen molar-refractivity contribution in [3.05, 3.63) is 23.9 Å². The molecule has 1 aromatic rings. The molecule has 2 heterocycles. The van der Waals surface area contributed by atoms with Gasteiger partial charge in [0.25, 0.3) is 0 Å².